The second-order valence-electron chi connectivity index (χ2n) is 4.50. The number of hydrogen-bond acceptors (Lipinski definition) is 2. The molecule has 2 heterocycles. The molecule has 3 aromatic rings. The van der Waals surface area contributed by atoms with E-state index in [4.69, 9.17) is 11.6 Å². The summed E-state index contributed by atoms with van der Waals surface area (Å²) in [5.74, 6) is 0. The van der Waals surface area contributed by atoms with Crippen LogP contribution in [0.25, 0.3) is 22.5 Å². The Morgan fingerprint density at radius 2 is 2.05 bits per heavy atom. The quantitative estimate of drug-likeness (QED) is 0.776. The van der Waals surface area contributed by atoms with Crippen molar-refractivity contribution in [2.45, 2.75) is 13.3 Å². The minimum absolute atomic E-state index is 0.704. The van der Waals surface area contributed by atoms with Crippen LogP contribution in [0.4, 0.5) is 0 Å². The van der Waals surface area contributed by atoms with E-state index in [-0.39, 0.29) is 0 Å². The molecule has 3 nitrogen and oxygen atoms in total. The van der Waals surface area contributed by atoms with Gasteiger partial charge in [-0.3, -0.25) is 10.1 Å². The first-order chi connectivity index (χ1) is 9.79. The zero-order valence-electron chi connectivity index (χ0n) is 11.1. The second kappa shape index (κ2) is 5.47. The van der Waals surface area contributed by atoms with Crippen LogP contribution in [0.1, 0.15) is 12.6 Å². The highest BCUT2D eigenvalue weighted by molar-refractivity contribution is 6.30. The molecule has 0 spiro atoms. The molecule has 0 aliphatic carbocycles. The third kappa shape index (κ3) is 2.32. The molecule has 20 heavy (non-hydrogen) atoms. The van der Waals surface area contributed by atoms with Crippen molar-refractivity contribution < 1.29 is 0 Å². The van der Waals surface area contributed by atoms with Crippen LogP contribution in [-0.4, -0.2) is 15.2 Å². The van der Waals surface area contributed by atoms with Crippen LogP contribution >= 0.6 is 11.6 Å². The minimum atomic E-state index is 0.704. The standard InChI is InChI=1S/C16H14ClN3/c1-2-13-15(14-8-3-4-9-18-14)16(20-19-13)11-6-5-7-12(17)10-11/h3-10H,2H2,1H3,(H,19,20). The summed E-state index contributed by atoms with van der Waals surface area (Å²) in [5.41, 5.74) is 4.94. The number of hydrogen-bond donors (Lipinski definition) is 1. The van der Waals surface area contributed by atoms with Crippen molar-refractivity contribution in [2.24, 2.45) is 0 Å². The van der Waals surface area contributed by atoms with Gasteiger partial charge in [-0.1, -0.05) is 36.7 Å². The molecule has 1 aromatic carbocycles. The predicted octanol–water partition coefficient (Wildman–Crippen LogP) is 4.35. The SMILES string of the molecule is CCc1[nH]nc(-c2cccc(Cl)c2)c1-c1ccccn1. The normalized spacial score (nSPS) is 10.7. The van der Waals surface area contributed by atoms with Gasteiger partial charge in [-0.15, -0.1) is 0 Å². The maximum Gasteiger partial charge on any atom is 0.102 e. The van der Waals surface area contributed by atoms with Crippen LogP contribution in [0.3, 0.4) is 0 Å². The molecule has 0 fully saturated rings. The Kier molecular flexibility index (Phi) is 3.52. The minimum Gasteiger partial charge on any atom is -0.281 e. The van der Waals surface area contributed by atoms with Crippen molar-refractivity contribution in [3.05, 3.63) is 59.4 Å². The van der Waals surface area contributed by atoms with E-state index in [1.807, 2.05) is 42.5 Å². The molecule has 0 bridgehead atoms. The third-order valence-electron chi connectivity index (χ3n) is 3.21. The first-order valence-corrected chi connectivity index (χ1v) is 6.92. The number of aryl methyl sites for hydroxylation is 1. The fourth-order valence-electron chi connectivity index (χ4n) is 2.27. The number of rotatable bonds is 3. The molecular weight excluding hydrogens is 270 g/mol. The molecule has 0 radical (unpaired) electrons. The van der Waals surface area contributed by atoms with E-state index in [1.54, 1.807) is 6.20 Å². The smallest absolute Gasteiger partial charge is 0.102 e. The van der Waals surface area contributed by atoms with Gasteiger partial charge in [-0.25, -0.2) is 0 Å². The van der Waals surface area contributed by atoms with Gasteiger partial charge in [0.05, 0.1) is 5.69 Å². The van der Waals surface area contributed by atoms with E-state index in [2.05, 4.69) is 22.1 Å². The molecule has 1 N–H and O–H groups in total. The molecule has 0 amide bonds. The maximum atomic E-state index is 6.08. The van der Waals surface area contributed by atoms with Gasteiger partial charge in [0.25, 0.3) is 0 Å². The summed E-state index contributed by atoms with van der Waals surface area (Å²) in [6.07, 6.45) is 2.67. The molecule has 3 rings (SSSR count). The first-order valence-electron chi connectivity index (χ1n) is 6.54. The van der Waals surface area contributed by atoms with Crippen molar-refractivity contribution in [3.8, 4) is 22.5 Å². The van der Waals surface area contributed by atoms with Gasteiger partial charge >= 0.3 is 0 Å². The van der Waals surface area contributed by atoms with Crippen molar-refractivity contribution in [2.75, 3.05) is 0 Å². The number of benzene rings is 1. The average Bonchev–Trinajstić information content (AvgIpc) is 2.92. The summed E-state index contributed by atoms with van der Waals surface area (Å²) >= 11 is 6.08. The van der Waals surface area contributed by atoms with Crippen molar-refractivity contribution in [1.82, 2.24) is 15.2 Å². The number of aromatic nitrogens is 3. The van der Waals surface area contributed by atoms with Crippen LogP contribution in [-0.2, 0) is 6.42 Å². The van der Waals surface area contributed by atoms with E-state index < -0.39 is 0 Å². The molecule has 2 aromatic heterocycles. The molecule has 0 aliphatic heterocycles. The highest BCUT2D eigenvalue weighted by Crippen LogP contribution is 2.33. The zero-order valence-corrected chi connectivity index (χ0v) is 11.9. The molecule has 0 atom stereocenters. The molecule has 0 saturated heterocycles. The van der Waals surface area contributed by atoms with Gasteiger partial charge in [0.2, 0.25) is 0 Å². The number of nitrogens with zero attached hydrogens (tertiary/aromatic N) is 2. The lowest BCUT2D eigenvalue weighted by Crippen LogP contribution is -1.89. The number of aromatic amines is 1. The van der Waals surface area contributed by atoms with Crippen LogP contribution in [0.5, 0.6) is 0 Å². The van der Waals surface area contributed by atoms with Gasteiger partial charge in [0, 0.05) is 28.0 Å². The average molecular weight is 284 g/mol. The molecular formula is C16H14ClN3. The van der Waals surface area contributed by atoms with Crippen LogP contribution in [0.2, 0.25) is 5.02 Å². The van der Waals surface area contributed by atoms with Crippen LogP contribution < -0.4 is 0 Å². The Hall–Kier alpha value is -2.13. The zero-order chi connectivity index (χ0) is 13.9. The summed E-state index contributed by atoms with van der Waals surface area (Å²) in [6, 6.07) is 13.6. The Bertz CT molecular complexity index is 720. The molecule has 4 heteroatoms. The highest BCUT2D eigenvalue weighted by Gasteiger charge is 2.16. The highest BCUT2D eigenvalue weighted by atomic mass is 35.5. The fraction of sp³-hybridized carbons (Fsp3) is 0.125. The summed E-state index contributed by atoms with van der Waals surface area (Å²) in [4.78, 5) is 4.45. The molecule has 100 valence electrons. The molecule has 0 saturated carbocycles. The second-order valence-corrected chi connectivity index (χ2v) is 4.94. The number of halogens is 1. The number of H-pyrrole nitrogens is 1. The summed E-state index contributed by atoms with van der Waals surface area (Å²) in [7, 11) is 0. The van der Waals surface area contributed by atoms with Crippen LogP contribution in [0.15, 0.2) is 48.7 Å². The summed E-state index contributed by atoms with van der Waals surface area (Å²) < 4.78 is 0. The van der Waals surface area contributed by atoms with E-state index >= 15 is 0 Å². The topological polar surface area (TPSA) is 41.6 Å². The van der Waals surface area contributed by atoms with Gasteiger partial charge in [-0.2, -0.15) is 5.10 Å². The van der Waals surface area contributed by atoms with Crippen LogP contribution in [0, 0.1) is 0 Å². The van der Waals surface area contributed by atoms with Gasteiger partial charge < -0.3 is 0 Å². The summed E-state index contributed by atoms with van der Waals surface area (Å²) in [6.45, 7) is 2.10. The summed E-state index contributed by atoms with van der Waals surface area (Å²) in [5, 5.41) is 8.26. The Labute approximate surface area is 122 Å². The third-order valence-corrected chi connectivity index (χ3v) is 3.45. The lowest BCUT2D eigenvalue weighted by atomic mass is 10.0. The Morgan fingerprint density at radius 1 is 1.15 bits per heavy atom. The lowest BCUT2D eigenvalue weighted by Gasteiger charge is -2.05. The monoisotopic (exact) mass is 283 g/mol. The van der Waals surface area contributed by atoms with Crippen molar-refractivity contribution >= 4 is 11.6 Å². The number of nitrogens with one attached hydrogen (secondary N) is 1. The maximum absolute atomic E-state index is 6.08. The molecule has 0 aliphatic rings. The first kappa shape index (κ1) is 12.9. The molecule has 0 unspecified atom stereocenters. The Morgan fingerprint density at radius 3 is 2.75 bits per heavy atom. The van der Waals surface area contributed by atoms with E-state index in [1.165, 1.54) is 0 Å². The van der Waals surface area contributed by atoms with Gasteiger partial charge in [-0.05, 0) is 30.7 Å². The fourth-order valence-corrected chi connectivity index (χ4v) is 2.46. The largest absolute Gasteiger partial charge is 0.281 e. The predicted molar refractivity (Wildman–Crippen MR) is 81.6 cm³/mol. The lowest BCUT2D eigenvalue weighted by molar-refractivity contribution is 0.976. The van der Waals surface area contributed by atoms with E-state index in [9.17, 15) is 0 Å². The number of pyridine rings is 1. The van der Waals surface area contributed by atoms with Crippen molar-refractivity contribution in [1.29, 1.82) is 0 Å². The van der Waals surface area contributed by atoms with Gasteiger partial charge in [0.1, 0.15) is 5.69 Å². The Balaban J connectivity index is 2.20. The van der Waals surface area contributed by atoms with E-state index in [0.29, 0.717) is 5.02 Å². The van der Waals surface area contributed by atoms with E-state index in [0.717, 1.165) is 34.6 Å². The van der Waals surface area contributed by atoms with Gasteiger partial charge in [0.15, 0.2) is 0 Å². The van der Waals surface area contributed by atoms with Crippen molar-refractivity contribution in [3.63, 3.8) is 0 Å².